The van der Waals surface area contributed by atoms with Crippen LogP contribution in [-0.2, 0) is 4.74 Å². The van der Waals surface area contributed by atoms with Gasteiger partial charge in [-0.15, -0.1) is 0 Å². The van der Waals surface area contributed by atoms with Crippen molar-refractivity contribution in [2.45, 2.75) is 59.3 Å². The van der Waals surface area contributed by atoms with Crippen LogP contribution in [0.5, 0.6) is 0 Å². The Morgan fingerprint density at radius 2 is 1.75 bits per heavy atom. The summed E-state index contributed by atoms with van der Waals surface area (Å²) >= 11 is 0. The molecule has 1 aliphatic rings. The molecule has 0 saturated carbocycles. The van der Waals surface area contributed by atoms with E-state index in [2.05, 4.69) is 39.5 Å². The largest absolute Gasteiger partial charge is 0.373 e. The standard InChI is InChI=1S/C13H28N2O/c1-10-8-15(9-11(2)16-10)12(7-14)6-13(3,4)5/h10-12H,6-9,14H2,1-5H3/t10-,11+,12?. The van der Waals surface area contributed by atoms with Crippen LogP contribution in [-0.4, -0.2) is 42.8 Å². The SMILES string of the molecule is C[C@@H]1CN(C(CN)CC(C)(C)C)C[C@H](C)O1. The average molecular weight is 228 g/mol. The van der Waals surface area contributed by atoms with Crippen molar-refractivity contribution in [1.82, 2.24) is 4.90 Å². The van der Waals surface area contributed by atoms with Gasteiger partial charge in [-0.2, -0.15) is 0 Å². The summed E-state index contributed by atoms with van der Waals surface area (Å²) in [5.74, 6) is 0. The molecule has 1 aliphatic heterocycles. The molecule has 1 fully saturated rings. The molecule has 0 bridgehead atoms. The summed E-state index contributed by atoms with van der Waals surface area (Å²) in [6.07, 6.45) is 1.82. The lowest BCUT2D eigenvalue weighted by Gasteiger charge is -2.41. The lowest BCUT2D eigenvalue weighted by atomic mass is 9.87. The summed E-state index contributed by atoms with van der Waals surface area (Å²) in [5.41, 5.74) is 6.26. The molecule has 0 spiro atoms. The zero-order valence-electron chi connectivity index (χ0n) is 11.5. The minimum Gasteiger partial charge on any atom is -0.373 e. The highest BCUT2D eigenvalue weighted by Crippen LogP contribution is 2.25. The Balaban J connectivity index is 2.58. The maximum Gasteiger partial charge on any atom is 0.0678 e. The number of nitrogens with two attached hydrogens (primary N) is 1. The molecule has 1 unspecified atom stereocenters. The average Bonchev–Trinajstić information content (AvgIpc) is 2.11. The van der Waals surface area contributed by atoms with Crippen LogP contribution in [0.3, 0.4) is 0 Å². The van der Waals surface area contributed by atoms with Gasteiger partial charge in [-0.25, -0.2) is 0 Å². The normalized spacial score (nSPS) is 30.4. The molecule has 0 aliphatic carbocycles. The number of morpholine rings is 1. The second kappa shape index (κ2) is 5.48. The molecule has 0 aromatic heterocycles. The minimum absolute atomic E-state index is 0.331. The fraction of sp³-hybridized carbons (Fsp3) is 1.00. The zero-order valence-corrected chi connectivity index (χ0v) is 11.5. The lowest BCUT2D eigenvalue weighted by molar-refractivity contribution is -0.0829. The van der Waals surface area contributed by atoms with E-state index >= 15 is 0 Å². The van der Waals surface area contributed by atoms with Crippen LogP contribution in [0, 0.1) is 5.41 Å². The number of rotatable bonds is 3. The molecule has 0 amide bonds. The highest BCUT2D eigenvalue weighted by atomic mass is 16.5. The van der Waals surface area contributed by atoms with Gasteiger partial charge in [0.05, 0.1) is 12.2 Å². The van der Waals surface area contributed by atoms with Gasteiger partial charge in [0.15, 0.2) is 0 Å². The molecular weight excluding hydrogens is 200 g/mol. The molecule has 3 heteroatoms. The van der Waals surface area contributed by atoms with Crippen molar-refractivity contribution < 1.29 is 4.74 Å². The fourth-order valence-electron chi connectivity index (χ4n) is 2.58. The van der Waals surface area contributed by atoms with E-state index in [9.17, 15) is 0 Å². The molecule has 3 atom stereocenters. The van der Waals surface area contributed by atoms with Crippen LogP contribution in [0.15, 0.2) is 0 Å². The van der Waals surface area contributed by atoms with Crippen LogP contribution in [0.2, 0.25) is 0 Å². The van der Waals surface area contributed by atoms with E-state index in [1.165, 1.54) is 0 Å². The first-order chi connectivity index (χ1) is 7.31. The molecule has 0 aromatic rings. The predicted molar refractivity (Wildman–Crippen MR) is 68.5 cm³/mol. The Morgan fingerprint density at radius 1 is 1.25 bits per heavy atom. The third-order valence-corrected chi connectivity index (χ3v) is 3.08. The summed E-state index contributed by atoms with van der Waals surface area (Å²) in [6, 6.07) is 0.494. The van der Waals surface area contributed by atoms with Crippen molar-refractivity contribution in [2.24, 2.45) is 11.1 Å². The molecule has 0 radical (unpaired) electrons. The van der Waals surface area contributed by atoms with Gasteiger partial charge in [-0.1, -0.05) is 20.8 Å². The Bertz CT molecular complexity index is 202. The van der Waals surface area contributed by atoms with Gasteiger partial charge in [0, 0.05) is 25.7 Å². The van der Waals surface area contributed by atoms with Gasteiger partial charge < -0.3 is 10.5 Å². The van der Waals surface area contributed by atoms with E-state index in [-0.39, 0.29) is 0 Å². The second-order valence-electron chi connectivity index (χ2n) is 6.37. The monoisotopic (exact) mass is 228 g/mol. The van der Waals surface area contributed by atoms with E-state index in [1.54, 1.807) is 0 Å². The van der Waals surface area contributed by atoms with Crippen molar-refractivity contribution in [2.75, 3.05) is 19.6 Å². The fourth-order valence-corrected chi connectivity index (χ4v) is 2.58. The van der Waals surface area contributed by atoms with Crippen LogP contribution in [0.1, 0.15) is 41.0 Å². The van der Waals surface area contributed by atoms with Crippen molar-refractivity contribution in [3.8, 4) is 0 Å². The van der Waals surface area contributed by atoms with Gasteiger partial charge in [0.1, 0.15) is 0 Å². The van der Waals surface area contributed by atoms with Gasteiger partial charge in [0.25, 0.3) is 0 Å². The molecule has 0 aromatic carbocycles. The molecule has 96 valence electrons. The molecule has 1 saturated heterocycles. The third-order valence-electron chi connectivity index (χ3n) is 3.08. The van der Waals surface area contributed by atoms with Crippen molar-refractivity contribution >= 4 is 0 Å². The Morgan fingerprint density at radius 3 is 2.12 bits per heavy atom. The van der Waals surface area contributed by atoms with E-state index < -0.39 is 0 Å². The van der Waals surface area contributed by atoms with E-state index in [0.717, 1.165) is 26.1 Å². The smallest absolute Gasteiger partial charge is 0.0678 e. The molecule has 1 rings (SSSR count). The maximum absolute atomic E-state index is 5.92. The van der Waals surface area contributed by atoms with Crippen LogP contribution < -0.4 is 5.73 Å². The van der Waals surface area contributed by atoms with E-state index in [4.69, 9.17) is 10.5 Å². The van der Waals surface area contributed by atoms with Gasteiger partial charge >= 0.3 is 0 Å². The Hall–Kier alpha value is -0.120. The lowest BCUT2D eigenvalue weighted by Crippen LogP contribution is -2.53. The summed E-state index contributed by atoms with van der Waals surface area (Å²) in [7, 11) is 0. The third kappa shape index (κ3) is 4.40. The summed E-state index contributed by atoms with van der Waals surface area (Å²) in [4.78, 5) is 2.50. The first-order valence-corrected chi connectivity index (χ1v) is 6.41. The number of hydrogen-bond donors (Lipinski definition) is 1. The summed E-state index contributed by atoms with van der Waals surface area (Å²) in [6.45, 7) is 13.9. The summed E-state index contributed by atoms with van der Waals surface area (Å²) in [5, 5.41) is 0. The van der Waals surface area contributed by atoms with Crippen molar-refractivity contribution in [3.63, 3.8) is 0 Å². The first-order valence-electron chi connectivity index (χ1n) is 6.41. The highest BCUT2D eigenvalue weighted by molar-refractivity contribution is 4.83. The number of nitrogens with zero attached hydrogens (tertiary/aromatic N) is 1. The van der Waals surface area contributed by atoms with E-state index in [0.29, 0.717) is 23.7 Å². The van der Waals surface area contributed by atoms with Crippen LogP contribution >= 0.6 is 0 Å². The zero-order chi connectivity index (χ0) is 12.3. The van der Waals surface area contributed by atoms with Gasteiger partial charge in [-0.05, 0) is 25.7 Å². The molecule has 2 N–H and O–H groups in total. The summed E-state index contributed by atoms with van der Waals surface area (Å²) < 4.78 is 5.76. The van der Waals surface area contributed by atoms with Crippen LogP contribution in [0.4, 0.5) is 0 Å². The number of hydrogen-bond acceptors (Lipinski definition) is 3. The predicted octanol–water partition coefficient (Wildman–Crippen LogP) is 1.86. The highest BCUT2D eigenvalue weighted by Gasteiger charge is 2.29. The van der Waals surface area contributed by atoms with Crippen LogP contribution in [0.25, 0.3) is 0 Å². The topological polar surface area (TPSA) is 38.5 Å². The second-order valence-corrected chi connectivity index (χ2v) is 6.37. The Labute approximate surface area is 100 Å². The van der Waals surface area contributed by atoms with E-state index in [1.807, 2.05) is 0 Å². The minimum atomic E-state index is 0.331. The molecule has 1 heterocycles. The van der Waals surface area contributed by atoms with Crippen molar-refractivity contribution in [3.05, 3.63) is 0 Å². The Kier molecular flexibility index (Phi) is 4.77. The van der Waals surface area contributed by atoms with Gasteiger partial charge in [0.2, 0.25) is 0 Å². The maximum atomic E-state index is 5.92. The molecule has 16 heavy (non-hydrogen) atoms. The quantitative estimate of drug-likeness (QED) is 0.801. The number of ether oxygens (including phenoxy) is 1. The molecular formula is C13H28N2O. The van der Waals surface area contributed by atoms with Gasteiger partial charge in [-0.3, -0.25) is 4.90 Å². The van der Waals surface area contributed by atoms with Crippen molar-refractivity contribution in [1.29, 1.82) is 0 Å². The molecule has 3 nitrogen and oxygen atoms in total. The first kappa shape index (κ1) is 13.9.